The van der Waals surface area contributed by atoms with Gasteiger partial charge in [0.1, 0.15) is 5.82 Å². The maximum absolute atomic E-state index is 11.2. The Morgan fingerprint density at radius 2 is 2.17 bits per heavy atom. The molecular formula is C7H12N4O. The molecule has 1 rings (SSSR count). The van der Waals surface area contributed by atoms with E-state index in [1.807, 2.05) is 6.92 Å². The minimum Gasteiger partial charge on any atom is -0.359 e. The predicted octanol–water partition coefficient (Wildman–Crippen LogP) is 0.00832. The van der Waals surface area contributed by atoms with Crippen molar-refractivity contribution in [2.24, 2.45) is 0 Å². The van der Waals surface area contributed by atoms with Crippen LogP contribution in [-0.4, -0.2) is 21.6 Å². The van der Waals surface area contributed by atoms with E-state index in [2.05, 4.69) is 15.3 Å². The summed E-state index contributed by atoms with van der Waals surface area (Å²) in [6.07, 6.45) is 0. The molecule has 0 amide bonds. The number of hydrogen-bond acceptors (Lipinski definition) is 4. The highest BCUT2D eigenvalue weighted by Gasteiger charge is 2.03. The molecule has 0 saturated carbocycles. The molecule has 1 heterocycles. The third-order valence-electron chi connectivity index (χ3n) is 1.55. The molecule has 0 aliphatic heterocycles. The fourth-order valence-corrected chi connectivity index (χ4v) is 1.00. The van der Waals surface area contributed by atoms with E-state index in [0.717, 1.165) is 0 Å². The van der Waals surface area contributed by atoms with Crippen molar-refractivity contribution in [3.05, 3.63) is 16.3 Å². The zero-order chi connectivity index (χ0) is 9.14. The predicted molar refractivity (Wildman–Crippen MR) is 46.2 cm³/mol. The van der Waals surface area contributed by atoms with Crippen LogP contribution in [0.3, 0.4) is 0 Å². The van der Waals surface area contributed by atoms with Crippen molar-refractivity contribution in [1.82, 2.24) is 14.5 Å². The second kappa shape index (κ2) is 3.34. The molecule has 1 aromatic heterocycles. The van der Waals surface area contributed by atoms with Crippen molar-refractivity contribution in [2.75, 3.05) is 12.4 Å². The number of nitrogens with zero attached hydrogens (tertiary/aromatic N) is 3. The molecule has 0 unspecified atom stereocenters. The highest BCUT2D eigenvalue weighted by atomic mass is 16.1. The molecule has 0 spiro atoms. The summed E-state index contributed by atoms with van der Waals surface area (Å²) < 4.78 is 1.48. The van der Waals surface area contributed by atoms with Crippen LogP contribution in [0.2, 0.25) is 0 Å². The van der Waals surface area contributed by atoms with Crippen LogP contribution >= 0.6 is 0 Å². The van der Waals surface area contributed by atoms with Gasteiger partial charge in [0.2, 0.25) is 5.95 Å². The van der Waals surface area contributed by atoms with Gasteiger partial charge in [-0.2, -0.15) is 9.97 Å². The molecule has 0 bridgehead atoms. The van der Waals surface area contributed by atoms with Crippen molar-refractivity contribution < 1.29 is 0 Å². The lowest BCUT2D eigenvalue weighted by Crippen LogP contribution is -2.26. The van der Waals surface area contributed by atoms with Gasteiger partial charge in [0.25, 0.3) is 0 Å². The molecule has 5 heteroatoms. The van der Waals surface area contributed by atoms with Gasteiger partial charge in [-0.1, -0.05) is 0 Å². The van der Waals surface area contributed by atoms with Crippen molar-refractivity contribution >= 4 is 5.95 Å². The van der Waals surface area contributed by atoms with Gasteiger partial charge in [0.15, 0.2) is 0 Å². The number of nitrogens with one attached hydrogen (secondary N) is 1. The number of aryl methyl sites for hydroxylation is 1. The lowest BCUT2D eigenvalue weighted by molar-refractivity contribution is 0.675. The molecule has 0 fully saturated rings. The van der Waals surface area contributed by atoms with Crippen LogP contribution in [0.15, 0.2) is 4.79 Å². The first-order valence-electron chi connectivity index (χ1n) is 3.82. The first-order valence-corrected chi connectivity index (χ1v) is 3.82. The Morgan fingerprint density at radius 1 is 1.50 bits per heavy atom. The van der Waals surface area contributed by atoms with Crippen molar-refractivity contribution in [1.29, 1.82) is 0 Å². The molecule has 0 atom stereocenters. The third kappa shape index (κ3) is 1.44. The summed E-state index contributed by atoms with van der Waals surface area (Å²) in [4.78, 5) is 19.0. The average molecular weight is 168 g/mol. The standard InChI is InChI=1S/C7H12N4O/c1-4-11-6(8-3)9-5(2)10-7(11)12/h4H2,1-3H3,(H,8,9,10,12). The van der Waals surface area contributed by atoms with E-state index in [-0.39, 0.29) is 5.69 Å². The van der Waals surface area contributed by atoms with Crippen LogP contribution in [0.25, 0.3) is 0 Å². The molecule has 1 aromatic rings. The lowest BCUT2D eigenvalue weighted by atomic mass is 10.6. The zero-order valence-corrected chi connectivity index (χ0v) is 7.46. The molecule has 66 valence electrons. The molecule has 0 aliphatic carbocycles. The maximum Gasteiger partial charge on any atom is 0.352 e. The van der Waals surface area contributed by atoms with Crippen LogP contribution in [0.4, 0.5) is 5.95 Å². The molecule has 0 radical (unpaired) electrons. The average Bonchev–Trinajstić information content (AvgIpc) is 2.03. The van der Waals surface area contributed by atoms with Gasteiger partial charge in [-0.05, 0) is 13.8 Å². The molecule has 5 nitrogen and oxygen atoms in total. The summed E-state index contributed by atoms with van der Waals surface area (Å²) in [6.45, 7) is 4.15. The van der Waals surface area contributed by atoms with Gasteiger partial charge in [-0.25, -0.2) is 4.79 Å². The van der Waals surface area contributed by atoms with Gasteiger partial charge in [0, 0.05) is 13.6 Å². The van der Waals surface area contributed by atoms with Crippen LogP contribution in [0, 0.1) is 6.92 Å². The molecule has 0 saturated heterocycles. The summed E-state index contributed by atoms with van der Waals surface area (Å²) in [7, 11) is 1.73. The first-order chi connectivity index (χ1) is 5.69. The SMILES string of the molecule is CCn1c(NC)nc(C)nc1=O. The normalized spacial score (nSPS) is 9.92. The molecule has 0 aromatic carbocycles. The van der Waals surface area contributed by atoms with E-state index in [1.54, 1.807) is 14.0 Å². The van der Waals surface area contributed by atoms with Gasteiger partial charge in [-0.3, -0.25) is 4.57 Å². The van der Waals surface area contributed by atoms with Crippen molar-refractivity contribution in [3.8, 4) is 0 Å². The Kier molecular flexibility index (Phi) is 2.42. The minimum absolute atomic E-state index is 0.255. The summed E-state index contributed by atoms with van der Waals surface area (Å²) in [5, 5.41) is 2.84. The largest absolute Gasteiger partial charge is 0.359 e. The molecule has 1 N–H and O–H groups in total. The number of aromatic nitrogens is 3. The van der Waals surface area contributed by atoms with Gasteiger partial charge in [0.05, 0.1) is 0 Å². The molecular weight excluding hydrogens is 156 g/mol. The smallest absolute Gasteiger partial charge is 0.352 e. The Morgan fingerprint density at radius 3 is 2.67 bits per heavy atom. The van der Waals surface area contributed by atoms with Crippen molar-refractivity contribution in [2.45, 2.75) is 20.4 Å². The molecule has 12 heavy (non-hydrogen) atoms. The highest BCUT2D eigenvalue weighted by Crippen LogP contribution is 1.97. The van der Waals surface area contributed by atoms with Gasteiger partial charge >= 0.3 is 5.69 Å². The Labute approximate surface area is 70.5 Å². The van der Waals surface area contributed by atoms with E-state index < -0.39 is 0 Å². The number of rotatable bonds is 2. The van der Waals surface area contributed by atoms with E-state index in [0.29, 0.717) is 18.3 Å². The topological polar surface area (TPSA) is 59.8 Å². The number of hydrogen-bond donors (Lipinski definition) is 1. The first kappa shape index (κ1) is 8.70. The van der Waals surface area contributed by atoms with E-state index >= 15 is 0 Å². The molecule has 0 aliphatic rings. The van der Waals surface area contributed by atoms with E-state index in [4.69, 9.17) is 0 Å². The van der Waals surface area contributed by atoms with Crippen LogP contribution in [0.5, 0.6) is 0 Å². The second-order valence-electron chi connectivity index (χ2n) is 2.37. The number of anilines is 1. The maximum atomic E-state index is 11.2. The lowest BCUT2D eigenvalue weighted by Gasteiger charge is -2.07. The summed E-state index contributed by atoms with van der Waals surface area (Å²) in [5.74, 6) is 1.06. The van der Waals surface area contributed by atoms with Crippen molar-refractivity contribution in [3.63, 3.8) is 0 Å². The van der Waals surface area contributed by atoms with Gasteiger partial charge < -0.3 is 5.32 Å². The van der Waals surface area contributed by atoms with E-state index in [1.165, 1.54) is 4.57 Å². The Bertz CT molecular complexity index is 331. The minimum atomic E-state index is -0.255. The summed E-state index contributed by atoms with van der Waals surface area (Å²) >= 11 is 0. The summed E-state index contributed by atoms with van der Waals surface area (Å²) in [6, 6.07) is 0. The third-order valence-corrected chi connectivity index (χ3v) is 1.55. The Balaban J connectivity index is 3.34. The Hall–Kier alpha value is -1.39. The van der Waals surface area contributed by atoms with E-state index in [9.17, 15) is 4.79 Å². The fourth-order valence-electron chi connectivity index (χ4n) is 1.00. The van der Waals surface area contributed by atoms with Gasteiger partial charge in [-0.15, -0.1) is 0 Å². The highest BCUT2D eigenvalue weighted by molar-refractivity contribution is 5.23. The second-order valence-corrected chi connectivity index (χ2v) is 2.37. The zero-order valence-electron chi connectivity index (χ0n) is 7.46. The van der Waals surface area contributed by atoms with Crippen LogP contribution in [0.1, 0.15) is 12.7 Å². The fraction of sp³-hybridized carbons (Fsp3) is 0.571. The monoisotopic (exact) mass is 168 g/mol. The van der Waals surface area contributed by atoms with Crippen LogP contribution < -0.4 is 11.0 Å². The summed E-state index contributed by atoms with van der Waals surface area (Å²) in [5.41, 5.74) is -0.255. The van der Waals surface area contributed by atoms with Crippen LogP contribution in [-0.2, 0) is 6.54 Å². The quantitative estimate of drug-likeness (QED) is 0.675.